The molecule has 1 saturated heterocycles. The Labute approximate surface area is 140 Å². The van der Waals surface area contributed by atoms with Gasteiger partial charge >= 0.3 is 0 Å². The third-order valence-corrected chi connectivity index (χ3v) is 6.15. The number of benzene rings is 2. The Morgan fingerprint density at radius 2 is 1.88 bits per heavy atom. The molecule has 0 aliphatic carbocycles. The molecule has 2 N–H and O–H groups in total. The summed E-state index contributed by atoms with van der Waals surface area (Å²) in [6, 6.07) is 12.9. The predicted molar refractivity (Wildman–Crippen MR) is 88.9 cm³/mol. The zero-order valence-electron chi connectivity index (χ0n) is 13.2. The molecular formula is C17H19FN2O3S. The second-order valence-corrected chi connectivity index (χ2v) is 7.74. The van der Waals surface area contributed by atoms with E-state index in [-0.39, 0.29) is 35.7 Å². The van der Waals surface area contributed by atoms with Crippen LogP contribution in [-0.4, -0.2) is 39.0 Å². The van der Waals surface area contributed by atoms with Gasteiger partial charge in [0.25, 0.3) is 0 Å². The summed E-state index contributed by atoms with van der Waals surface area (Å²) < 4.78 is 45.5. The van der Waals surface area contributed by atoms with Crippen LogP contribution in [0.2, 0.25) is 0 Å². The van der Waals surface area contributed by atoms with Gasteiger partial charge in [0, 0.05) is 25.0 Å². The normalized spacial score (nSPS) is 21.8. The molecule has 2 aromatic rings. The first-order valence-electron chi connectivity index (χ1n) is 7.57. The Hall–Kier alpha value is -1.96. The lowest BCUT2D eigenvalue weighted by Gasteiger charge is -2.17. The molecule has 2 atom stereocenters. The summed E-state index contributed by atoms with van der Waals surface area (Å²) in [6.45, 7) is 0.483. The first-order chi connectivity index (χ1) is 11.4. The van der Waals surface area contributed by atoms with Crippen molar-refractivity contribution in [1.29, 1.82) is 0 Å². The molecule has 0 spiro atoms. The van der Waals surface area contributed by atoms with Gasteiger partial charge in [-0.15, -0.1) is 0 Å². The van der Waals surface area contributed by atoms with Crippen LogP contribution >= 0.6 is 0 Å². The van der Waals surface area contributed by atoms with E-state index >= 15 is 0 Å². The fourth-order valence-corrected chi connectivity index (χ4v) is 4.51. The molecule has 0 amide bonds. The lowest BCUT2D eigenvalue weighted by atomic mass is 9.95. The highest BCUT2D eigenvalue weighted by Crippen LogP contribution is 2.31. The van der Waals surface area contributed by atoms with Gasteiger partial charge in [0.05, 0.1) is 12.0 Å². The number of hydrogen-bond donors (Lipinski definition) is 1. The monoisotopic (exact) mass is 350 g/mol. The van der Waals surface area contributed by atoms with E-state index in [0.29, 0.717) is 0 Å². The van der Waals surface area contributed by atoms with Gasteiger partial charge in [-0.2, -0.15) is 4.31 Å². The molecular weight excluding hydrogens is 331 g/mol. The van der Waals surface area contributed by atoms with Crippen molar-refractivity contribution < 1.29 is 17.5 Å². The number of halogens is 1. The Balaban J connectivity index is 1.87. The van der Waals surface area contributed by atoms with E-state index in [4.69, 9.17) is 10.5 Å². The van der Waals surface area contributed by atoms with Gasteiger partial charge in [0.15, 0.2) is 11.6 Å². The minimum absolute atomic E-state index is 0.00855. The van der Waals surface area contributed by atoms with Crippen molar-refractivity contribution in [3.05, 3.63) is 59.9 Å². The van der Waals surface area contributed by atoms with Crippen LogP contribution < -0.4 is 10.5 Å². The van der Waals surface area contributed by atoms with Gasteiger partial charge in [-0.05, 0) is 23.8 Å². The molecule has 128 valence electrons. The average molecular weight is 350 g/mol. The van der Waals surface area contributed by atoms with E-state index < -0.39 is 15.8 Å². The summed E-state index contributed by atoms with van der Waals surface area (Å²) in [6.07, 6.45) is 0. The molecule has 2 aromatic carbocycles. The smallest absolute Gasteiger partial charge is 0.243 e. The lowest BCUT2D eigenvalue weighted by molar-refractivity contribution is 0.385. The maximum absolute atomic E-state index is 13.9. The zero-order valence-corrected chi connectivity index (χ0v) is 14.0. The van der Waals surface area contributed by atoms with E-state index in [1.54, 1.807) is 0 Å². The maximum atomic E-state index is 13.9. The van der Waals surface area contributed by atoms with Gasteiger partial charge in [-0.3, -0.25) is 0 Å². The van der Waals surface area contributed by atoms with E-state index in [1.807, 2.05) is 30.3 Å². The predicted octanol–water partition coefficient (Wildman–Crippen LogP) is 1.95. The molecule has 1 aliphatic heterocycles. The average Bonchev–Trinajstić information content (AvgIpc) is 2.98. The van der Waals surface area contributed by atoms with Crippen molar-refractivity contribution in [2.24, 2.45) is 5.73 Å². The van der Waals surface area contributed by atoms with Crippen molar-refractivity contribution >= 4 is 10.0 Å². The first-order valence-corrected chi connectivity index (χ1v) is 9.01. The van der Waals surface area contributed by atoms with Crippen LogP contribution in [0.3, 0.4) is 0 Å². The highest BCUT2D eigenvalue weighted by Gasteiger charge is 2.38. The summed E-state index contributed by atoms with van der Waals surface area (Å²) in [4.78, 5) is -0.0956. The van der Waals surface area contributed by atoms with Crippen LogP contribution in [0.4, 0.5) is 4.39 Å². The van der Waals surface area contributed by atoms with Crippen LogP contribution in [-0.2, 0) is 10.0 Å². The van der Waals surface area contributed by atoms with Crippen LogP contribution in [0.25, 0.3) is 0 Å². The van der Waals surface area contributed by atoms with Crippen LogP contribution in [0.1, 0.15) is 11.5 Å². The summed E-state index contributed by atoms with van der Waals surface area (Å²) in [5.41, 5.74) is 7.15. The molecule has 24 heavy (non-hydrogen) atoms. The topological polar surface area (TPSA) is 72.6 Å². The molecule has 1 heterocycles. The van der Waals surface area contributed by atoms with Gasteiger partial charge in [0.1, 0.15) is 0 Å². The molecule has 5 nitrogen and oxygen atoms in total. The van der Waals surface area contributed by atoms with Gasteiger partial charge in [-0.25, -0.2) is 12.8 Å². The third kappa shape index (κ3) is 3.02. The second kappa shape index (κ2) is 6.51. The molecule has 7 heteroatoms. The third-order valence-electron chi connectivity index (χ3n) is 4.32. The minimum atomic E-state index is -3.80. The summed E-state index contributed by atoms with van der Waals surface area (Å²) in [5, 5.41) is 0. The van der Waals surface area contributed by atoms with E-state index in [0.717, 1.165) is 11.6 Å². The number of nitrogens with zero attached hydrogens (tertiary/aromatic N) is 1. The van der Waals surface area contributed by atoms with Crippen molar-refractivity contribution in [2.45, 2.75) is 16.9 Å². The van der Waals surface area contributed by atoms with Crippen molar-refractivity contribution in [2.75, 3.05) is 20.2 Å². The highest BCUT2D eigenvalue weighted by molar-refractivity contribution is 7.89. The number of ether oxygens (including phenoxy) is 1. The fourth-order valence-electron chi connectivity index (χ4n) is 3.00. The standard InChI is InChI=1S/C17H19FN2O3S/c1-23-17-8-7-13(9-15(17)18)24(21,22)20-10-14(16(19)11-20)12-5-3-2-4-6-12/h2-9,14,16H,10-11,19H2,1H3/t14-,16+/m0/s1. The second-order valence-electron chi connectivity index (χ2n) is 5.80. The van der Waals surface area contributed by atoms with Crippen molar-refractivity contribution in [3.63, 3.8) is 0 Å². The number of nitrogens with two attached hydrogens (primary N) is 1. The molecule has 0 aromatic heterocycles. The summed E-state index contributed by atoms with van der Waals surface area (Å²) >= 11 is 0. The number of sulfonamides is 1. The zero-order chi connectivity index (χ0) is 17.3. The molecule has 0 bridgehead atoms. The molecule has 1 aliphatic rings. The van der Waals surface area contributed by atoms with E-state index in [1.165, 1.54) is 23.5 Å². The number of hydrogen-bond acceptors (Lipinski definition) is 4. The van der Waals surface area contributed by atoms with Gasteiger partial charge in [-0.1, -0.05) is 30.3 Å². The SMILES string of the molecule is COc1ccc(S(=O)(=O)N2C[C@@H](N)[C@H](c3ccccc3)C2)cc1F. The van der Waals surface area contributed by atoms with Gasteiger partial charge < -0.3 is 10.5 Å². The van der Waals surface area contributed by atoms with Crippen LogP contribution in [0.15, 0.2) is 53.4 Å². The van der Waals surface area contributed by atoms with Crippen LogP contribution in [0.5, 0.6) is 5.75 Å². The Morgan fingerprint density at radius 3 is 2.50 bits per heavy atom. The maximum Gasteiger partial charge on any atom is 0.243 e. The van der Waals surface area contributed by atoms with Crippen molar-refractivity contribution in [3.8, 4) is 5.75 Å². The largest absolute Gasteiger partial charge is 0.494 e. The van der Waals surface area contributed by atoms with Gasteiger partial charge in [0.2, 0.25) is 10.0 Å². The molecule has 0 unspecified atom stereocenters. The molecule has 0 radical (unpaired) electrons. The van der Waals surface area contributed by atoms with Crippen molar-refractivity contribution in [1.82, 2.24) is 4.31 Å². The number of methoxy groups -OCH3 is 1. The summed E-state index contributed by atoms with van der Waals surface area (Å²) in [5.74, 6) is -0.778. The van der Waals surface area contributed by atoms with E-state index in [9.17, 15) is 12.8 Å². The Bertz CT molecular complexity index is 827. The lowest BCUT2D eigenvalue weighted by Crippen LogP contribution is -2.32. The van der Waals surface area contributed by atoms with Crippen LogP contribution in [0, 0.1) is 5.82 Å². The van der Waals surface area contributed by atoms with E-state index in [2.05, 4.69) is 0 Å². The summed E-state index contributed by atoms with van der Waals surface area (Å²) in [7, 11) is -2.47. The highest BCUT2D eigenvalue weighted by atomic mass is 32.2. The number of rotatable bonds is 4. The minimum Gasteiger partial charge on any atom is -0.494 e. The fraction of sp³-hybridized carbons (Fsp3) is 0.294. The molecule has 3 rings (SSSR count). The quantitative estimate of drug-likeness (QED) is 0.915. The first kappa shape index (κ1) is 16.9. The molecule has 1 fully saturated rings. The molecule has 0 saturated carbocycles. The Morgan fingerprint density at radius 1 is 1.17 bits per heavy atom. The Kier molecular flexibility index (Phi) is 4.58.